The van der Waals surface area contributed by atoms with Crippen molar-refractivity contribution in [3.05, 3.63) is 0 Å². The molecule has 0 aliphatic carbocycles. The maximum Gasteiger partial charge on any atom is 0.340 e. The van der Waals surface area contributed by atoms with Crippen molar-refractivity contribution in [1.29, 1.82) is 0 Å². The van der Waals surface area contributed by atoms with Crippen molar-refractivity contribution < 1.29 is 29.4 Å². The summed E-state index contributed by atoms with van der Waals surface area (Å²) in [5.41, 5.74) is -3.17. The van der Waals surface area contributed by atoms with E-state index in [2.05, 4.69) is 10.4 Å². The Kier molecular flexibility index (Phi) is 6.58. The molecule has 9 heteroatoms. The second kappa shape index (κ2) is 7.19. The van der Waals surface area contributed by atoms with Gasteiger partial charge in [0.25, 0.3) is 11.8 Å². The Morgan fingerprint density at radius 1 is 0.950 bits per heavy atom. The second-order valence-electron chi connectivity index (χ2n) is 4.74. The molecule has 0 aliphatic heterocycles. The van der Waals surface area contributed by atoms with Crippen LogP contribution in [-0.4, -0.2) is 45.7 Å². The maximum absolute atomic E-state index is 11.9. The van der Waals surface area contributed by atoms with E-state index in [1.54, 1.807) is 13.8 Å². The van der Waals surface area contributed by atoms with Crippen LogP contribution in [0, 0.1) is 5.41 Å². The van der Waals surface area contributed by atoms with Gasteiger partial charge in [0.05, 0.1) is 0 Å². The molecule has 114 valence electrons. The van der Waals surface area contributed by atoms with Crippen LogP contribution < -0.4 is 10.4 Å². The van der Waals surface area contributed by atoms with Crippen molar-refractivity contribution in [3.8, 4) is 0 Å². The number of carboxylic acid groups (broad SMARTS) is 2. The van der Waals surface area contributed by atoms with Crippen LogP contribution in [0.4, 0.5) is 0 Å². The third-order valence-electron chi connectivity index (χ3n) is 2.22. The third kappa shape index (κ3) is 3.90. The van der Waals surface area contributed by atoms with Gasteiger partial charge in [0.2, 0.25) is 0 Å². The average molecular weight is 306 g/mol. The van der Waals surface area contributed by atoms with Crippen LogP contribution in [0.25, 0.3) is 0 Å². The lowest BCUT2D eigenvalue weighted by atomic mass is 9.86. The Morgan fingerprint density at radius 3 is 1.70 bits per heavy atom. The Labute approximate surface area is 118 Å². The molecule has 0 spiro atoms. The predicted molar refractivity (Wildman–Crippen MR) is 72.6 cm³/mol. The van der Waals surface area contributed by atoms with E-state index in [4.69, 9.17) is 10.2 Å². The van der Waals surface area contributed by atoms with Crippen LogP contribution in [0.15, 0.2) is 0 Å². The van der Waals surface area contributed by atoms with E-state index in [0.29, 0.717) is 0 Å². The molecule has 0 aromatic carbocycles. The number of amides is 2. The van der Waals surface area contributed by atoms with Gasteiger partial charge in [-0.05, 0) is 28.2 Å². The second-order valence-corrected chi connectivity index (χ2v) is 6.44. The summed E-state index contributed by atoms with van der Waals surface area (Å²) in [6.45, 7) is 6.58. The summed E-state index contributed by atoms with van der Waals surface area (Å²) < 4.78 is 0. The standard InChI is InChI=1S/C11H19N2O6P/c1-5(2)12-7(14)11(9(16)17,10(18)19)8(15)13-20-6(3)4/h5-6,20H,1-4H3,(H,12,14)(H,13,15)(H,16,17)(H,18,19). The fourth-order valence-electron chi connectivity index (χ4n) is 1.26. The lowest BCUT2D eigenvalue weighted by Crippen LogP contribution is -2.60. The van der Waals surface area contributed by atoms with Crippen LogP contribution in [-0.2, 0) is 19.2 Å². The van der Waals surface area contributed by atoms with Crippen molar-refractivity contribution in [3.63, 3.8) is 0 Å². The molecule has 0 saturated heterocycles. The van der Waals surface area contributed by atoms with Crippen molar-refractivity contribution in [2.45, 2.75) is 39.4 Å². The molecule has 2 amide bonds. The Morgan fingerprint density at radius 2 is 1.40 bits per heavy atom. The lowest BCUT2D eigenvalue weighted by molar-refractivity contribution is -0.172. The molecule has 0 radical (unpaired) electrons. The van der Waals surface area contributed by atoms with Gasteiger partial charge < -0.3 is 20.6 Å². The van der Waals surface area contributed by atoms with Gasteiger partial charge in [0, 0.05) is 6.04 Å². The summed E-state index contributed by atoms with van der Waals surface area (Å²) in [5, 5.41) is 22.6. The molecule has 0 aromatic heterocycles. The van der Waals surface area contributed by atoms with E-state index in [1.165, 1.54) is 13.8 Å². The summed E-state index contributed by atoms with van der Waals surface area (Å²) in [6.07, 6.45) is 0. The molecule has 0 fully saturated rings. The molecule has 0 heterocycles. The van der Waals surface area contributed by atoms with E-state index < -0.39 is 35.2 Å². The fourth-order valence-corrected chi connectivity index (χ4v) is 1.86. The summed E-state index contributed by atoms with van der Waals surface area (Å²) in [7, 11) is -0.190. The predicted octanol–water partition coefficient (Wildman–Crippen LogP) is -0.215. The molecule has 1 atom stereocenters. The van der Waals surface area contributed by atoms with Crippen molar-refractivity contribution >= 4 is 32.5 Å². The van der Waals surface area contributed by atoms with Gasteiger partial charge in [0.15, 0.2) is 0 Å². The molecule has 0 saturated carbocycles. The van der Waals surface area contributed by atoms with Crippen LogP contribution >= 0.6 is 8.73 Å². The first kappa shape index (κ1) is 18.3. The molecular weight excluding hydrogens is 287 g/mol. The van der Waals surface area contributed by atoms with Crippen LogP contribution in [0.3, 0.4) is 0 Å². The largest absolute Gasteiger partial charge is 0.480 e. The number of rotatable bonds is 7. The minimum Gasteiger partial charge on any atom is -0.480 e. The summed E-state index contributed by atoms with van der Waals surface area (Å²) in [4.78, 5) is 46.4. The number of carbonyl (C=O) groups is 4. The highest BCUT2D eigenvalue weighted by Crippen LogP contribution is 2.23. The van der Waals surface area contributed by atoms with Crippen molar-refractivity contribution in [2.75, 3.05) is 0 Å². The van der Waals surface area contributed by atoms with E-state index >= 15 is 0 Å². The molecular formula is C11H19N2O6P. The van der Waals surface area contributed by atoms with Gasteiger partial charge in [-0.2, -0.15) is 0 Å². The highest BCUT2D eigenvalue weighted by Gasteiger charge is 2.61. The van der Waals surface area contributed by atoms with Crippen molar-refractivity contribution in [2.24, 2.45) is 5.41 Å². The number of carbonyl (C=O) groups excluding carboxylic acids is 2. The van der Waals surface area contributed by atoms with E-state index in [1.807, 2.05) is 0 Å². The normalized spacial score (nSPS) is 11.9. The highest BCUT2D eigenvalue weighted by molar-refractivity contribution is 7.37. The summed E-state index contributed by atoms with van der Waals surface area (Å²) in [6, 6.07) is -0.499. The summed E-state index contributed by atoms with van der Waals surface area (Å²) in [5.74, 6) is -6.75. The van der Waals surface area contributed by atoms with E-state index in [-0.39, 0.29) is 14.4 Å². The molecule has 0 aliphatic rings. The first-order chi connectivity index (χ1) is 9.06. The summed E-state index contributed by atoms with van der Waals surface area (Å²) >= 11 is 0. The SMILES string of the molecule is CC(C)NC(=O)C(C(=O)O)(C(=O)O)C(=O)NPC(C)C. The average Bonchev–Trinajstić information content (AvgIpc) is 2.24. The van der Waals surface area contributed by atoms with Crippen LogP contribution in [0.2, 0.25) is 0 Å². The first-order valence-corrected chi connectivity index (χ1v) is 6.98. The van der Waals surface area contributed by atoms with Gasteiger partial charge in [-0.15, -0.1) is 0 Å². The van der Waals surface area contributed by atoms with E-state index in [0.717, 1.165) is 0 Å². The quantitative estimate of drug-likeness (QED) is 0.380. The van der Waals surface area contributed by atoms with Crippen LogP contribution in [0.1, 0.15) is 27.7 Å². The zero-order chi connectivity index (χ0) is 16.1. The minimum atomic E-state index is -3.17. The van der Waals surface area contributed by atoms with Gasteiger partial charge >= 0.3 is 17.4 Å². The molecule has 0 aromatic rings. The third-order valence-corrected chi connectivity index (χ3v) is 3.17. The maximum atomic E-state index is 11.9. The van der Waals surface area contributed by atoms with Crippen LogP contribution in [0.5, 0.6) is 0 Å². The topological polar surface area (TPSA) is 133 Å². The minimum absolute atomic E-state index is 0.00685. The molecule has 1 unspecified atom stereocenters. The molecule has 20 heavy (non-hydrogen) atoms. The van der Waals surface area contributed by atoms with Crippen molar-refractivity contribution in [1.82, 2.24) is 10.4 Å². The molecule has 8 nitrogen and oxygen atoms in total. The number of hydrogen-bond donors (Lipinski definition) is 4. The molecule has 0 bridgehead atoms. The van der Waals surface area contributed by atoms with Gasteiger partial charge in [-0.1, -0.05) is 13.8 Å². The molecule has 4 N–H and O–H groups in total. The Balaban J connectivity index is 5.56. The number of carboxylic acids is 2. The number of aliphatic carboxylic acids is 2. The number of hydrogen-bond acceptors (Lipinski definition) is 4. The Hall–Kier alpha value is -1.69. The smallest absolute Gasteiger partial charge is 0.340 e. The monoisotopic (exact) mass is 306 g/mol. The van der Waals surface area contributed by atoms with Gasteiger partial charge in [-0.3, -0.25) is 9.59 Å². The zero-order valence-corrected chi connectivity index (χ0v) is 12.7. The first-order valence-electron chi connectivity index (χ1n) is 5.90. The fraction of sp³-hybridized carbons (Fsp3) is 0.636. The van der Waals surface area contributed by atoms with Gasteiger partial charge in [-0.25, -0.2) is 9.59 Å². The zero-order valence-electron chi connectivity index (χ0n) is 11.7. The van der Waals surface area contributed by atoms with E-state index in [9.17, 15) is 19.2 Å². The Bertz CT molecular complexity index is 407. The molecule has 0 rings (SSSR count). The highest BCUT2D eigenvalue weighted by atomic mass is 31.1. The van der Waals surface area contributed by atoms with Gasteiger partial charge in [0.1, 0.15) is 0 Å². The lowest BCUT2D eigenvalue weighted by Gasteiger charge is -2.24. The number of nitrogens with one attached hydrogen (secondary N) is 2.